The molecule has 1 aliphatic heterocycles. The first-order valence-corrected chi connectivity index (χ1v) is 7.41. The van der Waals surface area contributed by atoms with E-state index in [1.807, 2.05) is 0 Å². The molecule has 1 aromatic rings. The Kier molecular flexibility index (Phi) is 3.89. The fourth-order valence-corrected chi connectivity index (χ4v) is 3.68. The van der Waals surface area contributed by atoms with Gasteiger partial charge in [-0.15, -0.1) is 11.3 Å². The average Bonchev–Trinajstić information content (AvgIpc) is 2.74. The third-order valence-electron chi connectivity index (χ3n) is 2.81. The lowest BCUT2D eigenvalue weighted by Crippen LogP contribution is -2.29. The predicted octanol–water partition coefficient (Wildman–Crippen LogP) is 2.99. The number of aryl methyl sites for hydroxylation is 3. The van der Waals surface area contributed by atoms with Crippen LogP contribution in [0.3, 0.4) is 0 Å². The molecule has 0 aliphatic carbocycles. The molecule has 0 radical (unpaired) electrons. The summed E-state index contributed by atoms with van der Waals surface area (Å²) in [5, 5.41) is -0.0896. The Hall–Kier alpha value is -0.810. The van der Waals surface area contributed by atoms with E-state index >= 15 is 0 Å². The summed E-state index contributed by atoms with van der Waals surface area (Å²) >= 11 is 2.91. The molecule has 1 aliphatic rings. The van der Waals surface area contributed by atoms with Crippen molar-refractivity contribution in [3.8, 4) is 0 Å². The summed E-state index contributed by atoms with van der Waals surface area (Å²) in [5.41, 5.74) is 1.35. The molecule has 1 fully saturated rings. The molecule has 17 heavy (non-hydrogen) atoms. The second kappa shape index (κ2) is 5.23. The largest absolute Gasteiger partial charge is 0.288 e. The Morgan fingerprint density at radius 3 is 2.65 bits per heavy atom. The SMILES string of the molecule is Cc1cc(CCCN2C(=O)CSC2=O)c(C)s1. The summed E-state index contributed by atoms with van der Waals surface area (Å²) in [4.78, 5) is 26.8. The molecule has 0 atom stereocenters. The van der Waals surface area contributed by atoms with Gasteiger partial charge in [-0.05, 0) is 38.3 Å². The first-order chi connectivity index (χ1) is 8.08. The van der Waals surface area contributed by atoms with E-state index in [4.69, 9.17) is 0 Å². The Balaban J connectivity index is 1.85. The van der Waals surface area contributed by atoms with Crippen LogP contribution in [0.4, 0.5) is 4.79 Å². The minimum absolute atomic E-state index is 0.0433. The van der Waals surface area contributed by atoms with Gasteiger partial charge in [0.2, 0.25) is 5.91 Å². The molecular formula is C12H15NO2S2. The monoisotopic (exact) mass is 269 g/mol. The molecule has 0 saturated carbocycles. The van der Waals surface area contributed by atoms with Crippen LogP contribution in [0.2, 0.25) is 0 Å². The van der Waals surface area contributed by atoms with Gasteiger partial charge in [-0.3, -0.25) is 14.5 Å². The van der Waals surface area contributed by atoms with Crippen molar-refractivity contribution in [1.29, 1.82) is 0 Å². The molecule has 0 aromatic carbocycles. The van der Waals surface area contributed by atoms with E-state index in [-0.39, 0.29) is 11.1 Å². The quantitative estimate of drug-likeness (QED) is 0.843. The van der Waals surface area contributed by atoms with E-state index in [1.165, 1.54) is 20.2 Å². The third-order valence-corrected chi connectivity index (χ3v) is 4.68. The van der Waals surface area contributed by atoms with Crippen molar-refractivity contribution in [2.24, 2.45) is 0 Å². The van der Waals surface area contributed by atoms with Crippen LogP contribution in [0.15, 0.2) is 6.07 Å². The molecule has 0 spiro atoms. The van der Waals surface area contributed by atoms with Crippen LogP contribution in [0.5, 0.6) is 0 Å². The zero-order valence-electron chi connectivity index (χ0n) is 9.99. The normalized spacial score (nSPS) is 16.0. The minimum atomic E-state index is -0.0896. The summed E-state index contributed by atoms with van der Waals surface area (Å²) in [5.74, 6) is 0.272. The molecule has 1 aromatic heterocycles. The third kappa shape index (κ3) is 2.90. The average molecular weight is 269 g/mol. The summed E-state index contributed by atoms with van der Waals surface area (Å²) in [7, 11) is 0. The van der Waals surface area contributed by atoms with Gasteiger partial charge in [0.15, 0.2) is 0 Å². The molecule has 0 bridgehead atoms. The van der Waals surface area contributed by atoms with Crippen molar-refractivity contribution in [1.82, 2.24) is 4.90 Å². The first kappa shape index (κ1) is 12.6. The Morgan fingerprint density at radius 2 is 2.12 bits per heavy atom. The van der Waals surface area contributed by atoms with Gasteiger partial charge in [0.05, 0.1) is 5.75 Å². The van der Waals surface area contributed by atoms with E-state index in [9.17, 15) is 9.59 Å². The van der Waals surface area contributed by atoms with E-state index in [0.29, 0.717) is 12.3 Å². The number of nitrogens with zero attached hydrogens (tertiary/aromatic N) is 1. The molecule has 2 rings (SSSR count). The summed E-state index contributed by atoms with van der Waals surface area (Å²) in [6, 6.07) is 2.20. The zero-order valence-corrected chi connectivity index (χ0v) is 11.6. The van der Waals surface area contributed by atoms with Crippen molar-refractivity contribution < 1.29 is 9.59 Å². The fraction of sp³-hybridized carbons (Fsp3) is 0.500. The highest BCUT2D eigenvalue weighted by molar-refractivity contribution is 8.14. The Labute approximate surface area is 109 Å². The van der Waals surface area contributed by atoms with Crippen LogP contribution >= 0.6 is 23.1 Å². The lowest BCUT2D eigenvalue weighted by atomic mass is 10.1. The van der Waals surface area contributed by atoms with Gasteiger partial charge >= 0.3 is 0 Å². The van der Waals surface area contributed by atoms with Gasteiger partial charge in [-0.1, -0.05) is 11.8 Å². The van der Waals surface area contributed by atoms with Crippen molar-refractivity contribution in [3.05, 3.63) is 21.4 Å². The lowest BCUT2D eigenvalue weighted by Gasteiger charge is -2.11. The van der Waals surface area contributed by atoms with Crippen LogP contribution in [-0.2, 0) is 11.2 Å². The molecule has 1 saturated heterocycles. The maximum Gasteiger partial charge on any atom is 0.288 e. The molecule has 2 heterocycles. The van der Waals surface area contributed by atoms with E-state index in [0.717, 1.165) is 24.6 Å². The predicted molar refractivity (Wildman–Crippen MR) is 71.7 cm³/mol. The summed E-state index contributed by atoms with van der Waals surface area (Å²) in [6.07, 6.45) is 1.80. The van der Waals surface area contributed by atoms with Gasteiger partial charge in [0, 0.05) is 16.3 Å². The second-order valence-corrected chi connectivity index (χ2v) is 6.53. The first-order valence-electron chi connectivity index (χ1n) is 5.61. The highest BCUT2D eigenvalue weighted by Gasteiger charge is 2.28. The van der Waals surface area contributed by atoms with Crippen LogP contribution < -0.4 is 0 Å². The number of hydrogen-bond donors (Lipinski definition) is 0. The van der Waals surface area contributed by atoms with E-state index < -0.39 is 0 Å². The number of thioether (sulfide) groups is 1. The highest BCUT2D eigenvalue weighted by Crippen LogP contribution is 2.23. The number of imide groups is 1. The maximum atomic E-state index is 11.4. The number of amides is 2. The van der Waals surface area contributed by atoms with Crippen molar-refractivity contribution in [2.45, 2.75) is 26.7 Å². The summed E-state index contributed by atoms with van der Waals surface area (Å²) < 4.78 is 0. The van der Waals surface area contributed by atoms with Crippen molar-refractivity contribution in [2.75, 3.05) is 12.3 Å². The molecule has 0 N–H and O–H groups in total. The molecule has 5 heteroatoms. The topological polar surface area (TPSA) is 37.4 Å². The Morgan fingerprint density at radius 1 is 1.35 bits per heavy atom. The van der Waals surface area contributed by atoms with Gasteiger partial charge < -0.3 is 0 Å². The molecular weight excluding hydrogens is 254 g/mol. The van der Waals surface area contributed by atoms with Gasteiger partial charge in [0.25, 0.3) is 5.24 Å². The smallest absolute Gasteiger partial charge is 0.273 e. The summed E-state index contributed by atoms with van der Waals surface area (Å²) in [6.45, 7) is 4.78. The van der Waals surface area contributed by atoms with Crippen LogP contribution in [-0.4, -0.2) is 28.3 Å². The number of carbonyl (C=O) groups excluding carboxylic acids is 2. The number of hydrogen-bond acceptors (Lipinski definition) is 4. The Bertz CT molecular complexity index is 437. The van der Waals surface area contributed by atoms with Gasteiger partial charge in [-0.25, -0.2) is 0 Å². The van der Waals surface area contributed by atoms with Gasteiger partial charge in [-0.2, -0.15) is 0 Å². The van der Waals surface area contributed by atoms with Gasteiger partial charge in [0.1, 0.15) is 0 Å². The lowest BCUT2D eigenvalue weighted by molar-refractivity contribution is -0.124. The van der Waals surface area contributed by atoms with E-state index in [2.05, 4.69) is 19.9 Å². The standard InChI is InChI=1S/C12H15NO2S2/c1-8-6-10(9(2)17-8)4-3-5-13-11(14)7-16-12(13)15/h6H,3-5,7H2,1-2H3. The number of carbonyl (C=O) groups is 2. The molecule has 92 valence electrons. The van der Waals surface area contributed by atoms with Crippen molar-refractivity contribution >= 4 is 34.2 Å². The highest BCUT2D eigenvalue weighted by atomic mass is 32.2. The van der Waals surface area contributed by atoms with Crippen molar-refractivity contribution in [3.63, 3.8) is 0 Å². The maximum absolute atomic E-state index is 11.4. The molecule has 2 amide bonds. The van der Waals surface area contributed by atoms with Crippen LogP contribution in [0.1, 0.15) is 21.7 Å². The molecule has 3 nitrogen and oxygen atoms in total. The fourth-order valence-electron chi connectivity index (χ4n) is 1.96. The zero-order chi connectivity index (χ0) is 12.4. The minimum Gasteiger partial charge on any atom is -0.273 e. The van der Waals surface area contributed by atoms with Crippen LogP contribution in [0.25, 0.3) is 0 Å². The second-order valence-electron chi connectivity index (χ2n) is 4.14. The number of rotatable bonds is 4. The van der Waals surface area contributed by atoms with Crippen LogP contribution in [0, 0.1) is 13.8 Å². The molecule has 0 unspecified atom stereocenters. The van der Waals surface area contributed by atoms with E-state index in [1.54, 1.807) is 11.3 Å². The number of thiophene rings is 1.